The Labute approximate surface area is 117 Å². The van der Waals surface area contributed by atoms with Crippen LogP contribution in [-0.4, -0.2) is 28.6 Å². The van der Waals surface area contributed by atoms with E-state index in [0.717, 1.165) is 5.56 Å². The molecule has 0 saturated heterocycles. The van der Waals surface area contributed by atoms with Crippen molar-refractivity contribution in [3.05, 3.63) is 35.1 Å². The van der Waals surface area contributed by atoms with Crippen LogP contribution in [0.15, 0.2) is 18.2 Å². The third-order valence-electron chi connectivity index (χ3n) is 2.75. The lowest BCUT2D eigenvalue weighted by Crippen LogP contribution is -2.25. The largest absolute Gasteiger partial charge is 0.396 e. The van der Waals surface area contributed by atoms with E-state index >= 15 is 0 Å². The second-order valence-corrected chi connectivity index (χ2v) is 5.92. The Kier molecular flexibility index (Phi) is 6.87. The molecule has 0 spiro atoms. The van der Waals surface area contributed by atoms with Crippen LogP contribution >= 0.6 is 11.8 Å². The lowest BCUT2D eigenvalue weighted by atomic mass is 10.1. The molecule has 1 aromatic rings. The van der Waals surface area contributed by atoms with Crippen molar-refractivity contribution in [1.82, 2.24) is 5.32 Å². The summed E-state index contributed by atoms with van der Waals surface area (Å²) in [6.45, 7) is 4.24. The van der Waals surface area contributed by atoms with Crippen LogP contribution in [-0.2, 0) is 11.3 Å². The molecule has 106 valence electrons. The van der Waals surface area contributed by atoms with Gasteiger partial charge in [0.05, 0.1) is 5.75 Å². The van der Waals surface area contributed by atoms with Crippen molar-refractivity contribution < 1.29 is 14.3 Å². The topological polar surface area (TPSA) is 49.3 Å². The highest BCUT2D eigenvalue weighted by molar-refractivity contribution is 8.00. The molecular formula is C14H20FNO2S. The summed E-state index contributed by atoms with van der Waals surface area (Å²) in [6, 6.07) is 4.82. The fraction of sp³-hybridized carbons (Fsp3) is 0.500. The Balaban J connectivity index is 2.31. The average molecular weight is 285 g/mol. The zero-order valence-electron chi connectivity index (χ0n) is 11.3. The third-order valence-corrected chi connectivity index (χ3v) is 3.98. The number of thioether (sulfide) groups is 1. The summed E-state index contributed by atoms with van der Waals surface area (Å²) < 4.78 is 13.1. The first-order chi connectivity index (χ1) is 9.02. The van der Waals surface area contributed by atoms with Crippen LogP contribution in [0.25, 0.3) is 0 Å². The number of carbonyl (C=O) groups is 1. The van der Waals surface area contributed by atoms with Gasteiger partial charge in [-0.05, 0) is 30.5 Å². The molecule has 0 aliphatic rings. The van der Waals surface area contributed by atoms with E-state index in [2.05, 4.69) is 5.32 Å². The molecule has 0 aliphatic carbocycles. The minimum atomic E-state index is -0.233. The van der Waals surface area contributed by atoms with Gasteiger partial charge in [0.15, 0.2) is 0 Å². The summed E-state index contributed by atoms with van der Waals surface area (Å²) in [7, 11) is 0. The molecule has 0 heterocycles. The SMILES string of the molecule is Cc1cc(CNC(=O)CSC(C)CCO)ccc1F. The predicted octanol–water partition coefficient (Wildman–Crippen LogP) is 2.25. The number of rotatable bonds is 7. The van der Waals surface area contributed by atoms with E-state index < -0.39 is 0 Å². The molecule has 5 heteroatoms. The van der Waals surface area contributed by atoms with E-state index in [9.17, 15) is 9.18 Å². The minimum absolute atomic E-state index is 0.0447. The highest BCUT2D eigenvalue weighted by atomic mass is 32.2. The molecular weight excluding hydrogens is 265 g/mol. The van der Waals surface area contributed by atoms with Crippen molar-refractivity contribution in [3.8, 4) is 0 Å². The molecule has 1 aromatic carbocycles. The summed E-state index contributed by atoms with van der Waals surface area (Å²) in [6.07, 6.45) is 0.690. The van der Waals surface area contributed by atoms with Gasteiger partial charge in [0.2, 0.25) is 5.91 Å². The third kappa shape index (κ3) is 6.07. The quantitative estimate of drug-likeness (QED) is 0.808. The number of hydrogen-bond acceptors (Lipinski definition) is 3. The van der Waals surface area contributed by atoms with Crippen LogP contribution in [0.3, 0.4) is 0 Å². The molecule has 0 aromatic heterocycles. The van der Waals surface area contributed by atoms with Gasteiger partial charge >= 0.3 is 0 Å². The number of aliphatic hydroxyl groups excluding tert-OH is 1. The summed E-state index contributed by atoms with van der Waals surface area (Å²) in [5.41, 5.74) is 1.47. The van der Waals surface area contributed by atoms with Gasteiger partial charge in [-0.25, -0.2) is 4.39 Å². The van der Waals surface area contributed by atoms with Crippen LogP contribution in [0.2, 0.25) is 0 Å². The minimum Gasteiger partial charge on any atom is -0.396 e. The van der Waals surface area contributed by atoms with Crippen molar-refractivity contribution >= 4 is 17.7 Å². The fourth-order valence-corrected chi connectivity index (χ4v) is 2.36. The number of nitrogens with one attached hydrogen (secondary N) is 1. The Hall–Kier alpha value is -1.07. The van der Waals surface area contributed by atoms with Crippen LogP contribution in [0.1, 0.15) is 24.5 Å². The zero-order valence-corrected chi connectivity index (χ0v) is 12.1. The maximum atomic E-state index is 13.1. The lowest BCUT2D eigenvalue weighted by molar-refractivity contribution is -0.118. The highest BCUT2D eigenvalue weighted by Gasteiger charge is 2.07. The normalized spacial score (nSPS) is 12.2. The van der Waals surface area contributed by atoms with Crippen molar-refractivity contribution in [1.29, 1.82) is 0 Å². The summed E-state index contributed by atoms with van der Waals surface area (Å²) in [5.74, 6) is 0.0988. The summed E-state index contributed by atoms with van der Waals surface area (Å²) in [4.78, 5) is 11.6. The highest BCUT2D eigenvalue weighted by Crippen LogP contribution is 2.13. The van der Waals surface area contributed by atoms with E-state index in [1.807, 2.05) is 6.92 Å². The number of halogens is 1. The number of hydrogen-bond donors (Lipinski definition) is 2. The van der Waals surface area contributed by atoms with Crippen molar-refractivity contribution in [3.63, 3.8) is 0 Å². The number of aryl methyl sites for hydroxylation is 1. The number of amides is 1. The van der Waals surface area contributed by atoms with Gasteiger partial charge in [0.1, 0.15) is 5.82 Å². The molecule has 1 unspecified atom stereocenters. The Morgan fingerprint density at radius 1 is 1.53 bits per heavy atom. The van der Waals surface area contributed by atoms with Crippen LogP contribution < -0.4 is 5.32 Å². The second kappa shape index (κ2) is 8.17. The molecule has 0 bridgehead atoms. The van der Waals surface area contributed by atoms with E-state index in [1.54, 1.807) is 19.1 Å². The number of aliphatic hydroxyl groups is 1. The van der Waals surface area contributed by atoms with Gasteiger partial charge < -0.3 is 10.4 Å². The molecule has 0 fully saturated rings. The number of carbonyl (C=O) groups excluding carboxylic acids is 1. The molecule has 19 heavy (non-hydrogen) atoms. The first kappa shape index (κ1) is 16.0. The molecule has 3 nitrogen and oxygen atoms in total. The zero-order chi connectivity index (χ0) is 14.3. The monoisotopic (exact) mass is 285 g/mol. The van der Waals surface area contributed by atoms with Crippen LogP contribution in [0.4, 0.5) is 4.39 Å². The molecule has 1 amide bonds. The first-order valence-electron chi connectivity index (χ1n) is 6.27. The number of benzene rings is 1. The maximum absolute atomic E-state index is 13.1. The fourth-order valence-electron chi connectivity index (χ4n) is 1.55. The Morgan fingerprint density at radius 3 is 2.89 bits per heavy atom. The van der Waals surface area contributed by atoms with E-state index in [-0.39, 0.29) is 23.6 Å². The second-order valence-electron chi connectivity index (χ2n) is 4.49. The van der Waals surface area contributed by atoms with Gasteiger partial charge in [0.25, 0.3) is 0 Å². The standard InChI is InChI=1S/C14H20FNO2S/c1-10-7-12(3-4-13(10)15)8-16-14(18)9-19-11(2)5-6-17/h3-4,7,11,17H,5-6,8-9H2,1-2H3,(H,16,18). The first-order valence-corrected chi connectivity index (χ1v) is 7.32. The molecule has 2 N–H and O–H groups in total. The molecule has 0 saturated carbocycles. The average Bonchev–Trinajstić information content (AvgIpc) is 2.38. The molecule has 0 radical (unpaired) electrons. The lowest BCUT2D eigenvalue weighted by Gasteiger charge is -2.10. The maximum Gasteiger partial charge on any atom is 0.230 e. The smallest absolute Gasteiger partial charge is 0.230 e. The van der Waals surface area contributed by atoms with Gasteiger partial charge in [-0.15, -0.1) is 11.8 Å². The molecule has 1 atom stereocenters. The van der Waals surface area contributed by atoms with Crippen molar-refractivity contribution in [2.75, 3.05) is 12.4 Å². The van der Waals surface area contributed by atoms with E-state index in [0.29, 0.717) is 24.3 Å². The summed E-state index contributed by atoms with van der Waals surface area (Å²) >= 11 is 1.52. The molecule has 1 rings (SSSR count). The van der Waals surface area contributed by atoms with Gasteiger partial charge in [0, 0.05) is 18.4 Å². The van der Waals surface area contributed by atoms with E-state index in [4.69, 9.17) is 5.11 Å². The van der Waals surface area contributed by atoms with Crippen LogP contribution in [0, 0.1) is 12.7 Å². The summed E-state index contributed by atoms with van der Waals surface area (Å²) in [5, 5.41) is 11.8. The predicted molar refractivity (Wildman–Crippen MR) is 76.6 cm³/mol. The Morgan fingerprint density at radius 2 is 2.26 bits per heavy atom. The van der Waals surface area contributed by atoms with Gasteiger partial charge in [-0.1, -0.05) is 19.1 Å². The Bertz CT molecular complexity index is 426. The van der Waals surface area contributed by atoms with Crippen molar-refractivity contribution in [2.45, 2.75) is 32.1 Å². The van der Waals surface area contributed by atoms with Crippen molar-refractivity contribution in [2.24, 2.45) is 0 Å². The van der Waals surface area contributed by atoms with Gasteiger partial charge in [-0.2, -0.15) is 0 Å². The van der Waals surface area contributed by atoms with Gasteiger partial charge in [-0.3, -0.25) is 4.79 Å². The van der Waals surface area contributed by atoms with Crippen LogP contribution in [0.5, 0.6) is 0 Å². The molecule has 0 aliphatic heterocycles. The van der Waals surface area contributed by atoms with E-state index in [1.165, 1.54) is 17.8 Å².